The summed E-state index contributed by atoms with van der Waals surface area (Å²) in [5, 5.41) is 0. The molecule has 0 radical (unpaired) electrons. The molecular formula is C17H21N3. The van der Waals surface area contributed by atoms with E-state index in [1.165, 1.54) is 11.1 Å². The molecule has 0 saturated heterocycles. The summed E-state index contributed by atoms with van der Waals surface area (Å²) in [5.41, 5.74) is 9.83. The third kappa shape index (κ3) is 2.40. The Morgan fingerprint density at radius 2 is 1.65 bits per heavy atom. The summed E-state index contributed by atoms with van der Waals surface area (Å²) < 4.78 is 0. The van der Waals surface area contributed by atoms with Crippen molar-refractivity contribution >= 4 is 5.82 Å². The summed E-state index contributed by atoms with van der Waals surface area (Å²) >= 11 is 0. The molecule has 1 aromatic heterocycles. The van der Waals surface area contributed by atoms with Crippen LogP contribution >= 0.6 is 0 Å². The van der Waals surface area contributed by atoms with Crippen molar-refractivity contribution in [2.45, 2.75) is 44.9 Å². The molecule has 1 aromatic carbocycles. The van der Waals surface area contributed by atoms with Crippen molar-refractivity contribution in [1.29, 1.82) is 0 Å². The van der Waals surface area contributed by atoms with Gasteiger partial charge in [-0.3, -0.25) is 0 Å². The van der Waals surface area contributed by atoms with Crippen molar-refractivity contribution in [1.82, 2.24) is 9.97 Å². The van der Waals surface area contributed by atoms with Gasteiger partial charge in [-0.05, 0) is 24.0 Å². The van der Waals surface area contributed by atoms with E-state index in [1.54, 1.807) is 0 Å². The van der Waals surface area contributed by atoms with E-state index in [4.69, 9.17) is 10.7 Å². The molecule has 2 aromatic rings. The van der Waals surface area contributed by atoms with Gasteiger partial charge in [0.1, 0.15) is 11.6 Å². The molecule has 0 aliphatic heterocycles. The van der Waals surface area contributed by atoms with Crippen LogP contribution in [0.2, 0.25) is 0 Å². The van der Waals surface area contributed by atoms with Crippen molar-refractivity contribution in [2.24, 2.45) is 0 Å². The number of fused-ring (bicyclic) bond motifs is 1. The first-order chi connectivity index (χ1) is 9.43. The Balaban J connectivity index is 1.95. The van der Waals surface area contributed by atoms with Gasteiger partial charge < -0.3 is 5.73 Å². The van der Waals surface area contributed by atoms with Gasteiger partial charge in [-0.2, -0.15) is 0 Å². The van der Waals surface area contributed by atoms with Gasteiger partial charge in [0.15, 0.2) is 0 Å². The van der Waals surface area contributed by atoms with Crippen LogP contribution in [-0.4, -0.2) is 9.97 Å². The second kappa shape index (κ2) is 4.58. The summed E-state index contributed by atoms with van der Waals surface area (Å²) in [6.07, 6.45) is 2.03. The van der Waals surface area contributed by atoms with Crippen LogP contribution in [0, 0.1) is 0 Å². The van der Waals surface area contributed by atoms with Crippen molar-refractivity contribution in [3.05, 3.63) is 53.0 Å². The molecular weight excluding hydrogens is 246 g/mol. The molecule has 0 fully saturated rings. The highest BCUT2D eigenvalue weighted by Crippen LogP contribution is 2.33. The topological polar surface area (TPSA) is 51.8 Å². The van der Waals surface area contributed by atoms with Crippen LogP contribution in [0.5, 0.6) is 0 Å². The van der Waals surface area contributed by atoms with Crippen LogP contribution in [-0.2, 0) is 18.3 Å². The molecule has 1 heterocycles. The van der Waals surface area contributed by atoms with E-state index in [9.17, 15) is 0 Å². The average molecular weight is 267 g/mol. The number of hydrogen-bond acceptors (Lipinski definition) is 3. The lowest BCUT2D eigenvalue weighted by molar-refractivity contribution is 0.554. The van der Waals surface area contributed by atoms with Crippen LogP contribution in [0.1, 0.15) is 49.3 Å². The first-order valence-electron chi connectivity index (χ1n) is 7.15. The Morgan fingerprint density at radius 3 is 2.20 bits per heavy atom. The normalized spacial score (nSPS) is 15.3. The van der Waals surface area contributed by atoms with E-state index in [0.29, 0.717) is 11.7 Å². The van der Waals surface area contributed by atoms with E-state index in [2.05, 4.69) is 50.0 Å². The number of rotatable bonds is 1. The van der Waals surface area contributed by atoms with Gasteiger partial charge in [0.2, 0.25) is 0 Å². The van der Waals surface area contributed by atoms with Crippen LogP contribution in [0.3, 0.4) is 0 Å². The maximum Gasteiger partial charge on any atom is 0.134 e. The Kier molecular flexibility index (Phi) is 3.00. The molecule has 0 spiro atoms. The van der Waals surface area contributed by atoms with E-state index >= 15 is 0 Å². The number of nitrogens with two attached hydrogens (primary N) is 1. The molecule has 3 nitrogen and oxygen atoms in total. The first-order valence-corrected chi connectivity index (χ1v) is 7.15. The number of aromatic nitrogens is 2. The molecule has 3 heteroatoms. The van der Waals surface area contributed by atoms with Gasteiger partial charge in [-0.25, -0.2) is 9.97 Å². The third-order valence-corrected chi connectivity index (χ3v) is 3.95. The second-order valence-corrected chi connectivity index (χ2v) is 6.66. The average Bonchev–Trinajstić information content (AvgIpc) is 2.80. The fourth-order valence-corrected chi connectivity index (χ4v) is 2.79. The first kappa shape index (κ1) is 13.1. The fourth-order valence-electron chi connectivity index (χ4n) is 2.79. The quantitative estimate of drug-likeness (QED) is 0.863. The van der Waals surface area contributed by atoms with E-state index < -0.39 is 0 Å². The highest BCUT2D eigenvalue weighted by molar-refractivity contribution is 5.38. The SMILES string of the molecule is CC(C)(C)c1cc(N)nc(C2Cc3ccccc3C2)n1. The highest BCUT2D eigenvalue weighted by atomic mass is 15.0. The van der Waals surface area contributed by atoms with E-state index in [0.717, 1.165) is 24.4 Å². The molecule has 0 bridgehead atoms. The highest BCUT2D eigenvalue weighted by Gasteiger charge is 2.26. The van der Waals surface area contributed by atoms with Crippen LogP contribution < -0.4 is 5.73 Å². The zero-order valence-electron chi connectivity index (χ0n) is 12.4. The van der Waals surface area contributed by atoms with E-state index in [-0.39, 0.29) is 5.41 Å². The minimum absolute atomic E-state index is 0.00271. The molecule has 20 heavy (non-hydrogen) atoms. The largest absolute Gasteiger partial charge is 0.384 e. The fraction of sp³-hybridized carbons (Fsp3) is 0.412. The standard InChI is InChI=1S/C17H21N3/c1-17(2,3)14-10-15(18)20-16(19-14)13-8-11-6-4-5-7-12(11)9-13/h4-7,10,13H,8-9H2,1-3H3,(H2,18,19,20). The molecule has 3 rings (SSSR count). The maximum atomic E-state index is 5.98. The maximum absolute atomic E-state index is 5.98. The predicted molar refractivity (Wildman–Crippen MR) is 81.7 cm³/mol. The van der Waals surface area contributed by atoms with Crippen molar-refractivity contribution < 1.29 is 0 Å². The van der Waals surface area contributed by atoms with Crippen molar-refractivity contribution in [3.8, 4) is 0 Å². The summed E-state index contributed by atoms with van der Waals surface area (Å²) in [4.78, 5) is 9.26. The molecule has 0 saturated carbocycles. The van der Waals surface area contributed by atoms with Gasteiger partial charge in [0, 0.05) is 17.4 Å². The number of benzene rings is 1. The lowest BCUT2D eigenvalue weighted by Gasteiger charge is -2.20. The molecule has 0 atom stereocenters. The van der Waals surface area contributed by atoms with Crippen LogP contribution in [0.25, 0.3) is 0 Å². The smallest absolute Gasteiger partial charge is 0.134 e. The molecule has 1 aliphatic carbocycles. The molecule has 2 N–H and O–H groups in total. The number of anilines is 1. The van der Waals surface area contributed by atoms with Gasteiger partial charge in [0.25, 0.3) is 0 Å². The van der Waals surface area contributed by atoms with Gasteiger partial charge in [0.05, 0.1) is 5.69 Å². The number of nitrogens with zero attached hydrogens (tertiary/aromatic N) is 2. The number of nitrogen functional groups attached to an aromatic ring is 1. The van der Waals surface area contributed by atoms with E-state index in [1.807, 2.05) is 6.07 Å². The van der Waals surface area contributed by atoms with Gasteiger partial charge in [-0.1, -0.05) is 45.0 Å². The van der Waals surface area contributed by atoms with Crippen molar-refractivity contribution in [2.75, 3.05) is 5.73 Å². The lowest BCUT2D eigenvalue weighted by atomic mass is 9.91. The molecule has 0 amide bonds. The minimum Gasteiger partial charge on any atom is -0.384 e. The minimum atomic E-state index is -0.00271. The second-order valence-electron chi connectivity index (χ2n) is 6.66. The summed E-state index contributed by atoms with van der Waals surface area (Å²) in [6.45, 7) is 6.46. The van der Waals surface area contributed by atoms with Gasteiger partial charge >= 0.3 is 0 Å². The Morgan fingerprint density at radius 1 is 1.05 bits per heavy atom. The Hall–Kier alpha value is -1.90. The summed E-state index contributed by atoms with van der Waals surface area (Å²) in [6, 6.07) is 10.5. The Bertz CT molecular complexity index is 616. The summed E-state index contributed by atoms with van der Waals surface area (Å²) in [7, 11) is 0. The van der Waals surface area contributed by atoms with Crippen LogP contribution in [0.4, 0.5) is 5.82 Å². The zero-order valence-corrected chi connectivity index (χ0v) is 12.4. The van der Waals surface area contributed by atoms with Gasteiger partial charge in [-0.15, -0.1) is 0 Å². The zero-order chi connectivity index (χ0) is 14.3. The summed E-state index contributed by atoms with van der Waals surface area (Å²) in [5.74, 6) is 1.83. The lowest BCUT2D eigenvalue weighted by Crippen LogP contribution is -2.18. The van der Waals surface area contributed by atoms with Crippen molar-refractivity contribution in [3.63, 3.8) is 0 Å². The number of hydrogen-bond donors (Lipinski definition) is 1. The Labute approximate surface area is 120 Å². The molecule has 1 aliphatic rings. The monoisotopic (exact) mass is 267 g/mol. The van der Waals surface area contributed by atoms with Crippen LogP contribution in [0.15, 0.2) is 30.3 Å². The predicted octanol–water partition coefficient (Wildman–Crippen LogP) is 3.24. The molecule has 104 valence electrons. The third-order valence-electron chi connectivity index (χ3n) is 3.95. The molecule has 0 unspecified atom stereocenters.